The molecule has 1 heterocycles. The van der Waals surface area contributed by atoms with Crippen LogP contribution in [0.5, 0.6) is 0 Å². The Bertz CT molecular complexity index is 562. The number of hydrogen-bond acceptors (Lipinski definition) is 5. The summed E-state index contributed by atoms with van der Waals surface area (Å²) in [6, 6.07) is 12.4. The summed E-state index contributed by atoms with van der Waals surface area (Å²) in [5.74, 6) is 0.942. The zero-order chi connectivity index (χ0) is 13.7. The molecule has 0 radical (unpaired) electrons. The Morgan fingerprint density at radius 3 is 2.68 bits per heavy atom. The number of aromatic nitrogens is 2. The molecule has 0 fully saturated rings. The molecule has 0 saturated carbocycles. The first kappa shape index (κ1) is 13.6. The summed E-state index contributed by atoms with van der Waals surface area (Å²) in [5.41, 5.74) is 1.25. The minimum Gasteiger partial charge on any atom is -0.416 e. The number of nitriles is 1. The maximum absolute atomic E-state index is 8.74. The first-order chi connectivity index (χ1) is 9.19. The largest absolute Gasteiger partial charge is 0.416 e. The quantitative estimate of drug-likeness (QED) is 0.781. The van der Waals surface area contributed by atoms with Crippen LogP contribution in [0, 0.1) is 11.3 Å². The lowest BCUT2D eigenvalue weighted by Gasteiger charge is -2.08. The van der Waals surface area contributed by atoms with E-state index in [0.29, 0.717) is 23.5 Å². The number of benzene rings is 1. The summed E-state index contributed by atoms with van der Waals surface area (Å²) in [5, 5.41) is 17.0. The summed E-state index contributed by atoms with van der Waals surface area (Å²) in [4.78, 5) is 0. The topological polar surface area (TPSA) is 62.7 Å². The zero-order valence-corrected chi connectivity index (χ0v) is 11.7. The standard InChI is InChI=1S/C14H15N3OS/c1-10(12-6-4-3-5-7-12)8-13-16-17-14(18-13)19-11(2)9-15/h3-7,10-11H,8H2,1-2H3. The molecule has 0 N–H and O–H groups in total. The van der Waals surface area contributed by atoms with Crippen LogP contribution in [-0.2, 0) is 6.42 Å². The van der Waals surface area contributed by atoms with Gasteiger partial charge in [0.05, 0.1) is 11.3 Å². The third kappa shape index (κ3) is 3.83. The third-order valence-electron chi connectivity index (χ3n) is 2.76. The number of nitrogens with zero attached hydrogens (tertiary/aromatic N) is 3. The molecule has 98 valence electrons. The fourth-order valence-electron chi connectivity index (χ4n) is 1.71. The Balaban J connectivity index is 1.99. The van der Waals surface area contributed by atoms with Crippen molar-refractivity contribution in [3.05, 3.63) is 41.8 Å². The molecule has 19 heavy (non-hydrogen) atoms. The van der Waals surface area contributed by atoms with Crippen molar-refractivity contribution in [3.8, 4) is 6.07 Å². The van der Waals surface area contributed by atoms with Crippen molar-refractivity contribution in [1.29, 1.82) is 5.26 Å². The van der Waals surface area contributed by atoms with Crippen molar-refractivity contribution < 1.29 is 4.42 Å². The summed E-state index contributed by atoms with van der Waals surface area (Å²) >= 11 is 1.29. The first-order valence-corrected chi connectivity index (χ1v) is 7.00. The van der Waals surface area contributed by atoms with Crippen LogP contribution in [0.4, 0.5) is 0 Å². The van der Waals surface area contributed by atoms with Crippen molar-refractivity contribution in [1.82, 2.24) is 10.2 Å². The van der Waals surface area contributed by atoms with Gasteiger partial charge in [-0.15, -0.1) is 10.2 Å². The van der Waals surface area contributed by atoms with Crippen LogP contribution in [0.1, 0.15) is 31.2 Å². The van der Waals surface area contributed by atoms with Gasteiger partial charge in [-0.05, 0) is 30.2 Å². The molecule has 2 atom stereocenters. The second-order valence-electron chi connectivity index (χ2n) is 4.37. The average molecular weight is 273 g/mol. The van der Waals surface area contributed by atoms with Gasteiger partial charge in [0.15, 0.2) is 0 Å². The van der Waals surface area contributed by atoms with E-state index in [4.69, 9.17) is 9.68 Å². The Morgan fingerprint density at radius 1 is 1.26 bits per heavy atom. The first-order valence-electron chi connectivity index (χ1n) is 6.12. The SMILES string of the molecule is CC(C#N)Sc1nnc(CC(C)c2ccccc2)o1. The molecular formula is C14H15N3OS. The van der Waals surface area contributed by atoms with Gasteiger partial charge in [0.2, 0.25) is 5.89 Å². The monoisotopic (exact) mass is 273 g/mol. The van der Waals surface area contributed by atoms with Crippen molar-refractivity contribution in [2.45, 2.75) is 36.7 Å². The van der Waals surface area contributed by atoms with E-state index in [9.17, 15) is 0 Å². The maximum Gasteiger partial charge on any atom is 0.277 e. The molecule has 0 bridgehead atoms. The highest BCUT2D eigenvalue weighted by molar-refractivity contribution is 7.99. The molecule has 1 aromatic carbocycles. The summed E-state index contributed by atoms with van der Waals surface area (Å²) in [7, 11) is 0. The van der Waals surface area contributed by atoms with Gasteiger partial charge in [0.25, 0.3) is 5.22 Å². The van der Waals surface area contributed by atoms with E-state index >= 15 is 0 Å². The minimum atomic E-state index is -0.181. The maximum atomic E-state index is 8.74. The zero-order valence-electron chi connectivity index (χ0n) is 10.9. The van der Waals surface area contributed by atoms with E-state index < -0.39 is 0 Å². The van der Waals surface area contributed by atoms with Crippen LogP contribution < -0.4 is 0 Å². The second-order valence-corrected chi connectivity index (χ2v) is 5.66. The highest BCUT2D eigenvalue weighted by Gasteiger charge is 2.14. The Hall–Kier alpha value is -1.80. The fraction of sp³-hybridized carbons (Fsp3) is 0.357. The van der Waals surface area contributed by atoms with Gasteiger partial charge in [-0.25, -0.2) is 0 Å². The summed E-state index contributed by atoms with van der Waals surface area (Å²) in [6.07, 6.45) is 0.707. The van der Waals surface area contributed by atoms with Crippen LogP contribution in [0.15, 0.2) is 40.0 Å². The molecule has 2 rings (SSSR count). The van der Waals surface area contributed by atoms with E-state index in [1.807, 2.05) is 18.2 Å². The highest BCUT2D eigenvalue weighted by atomic mass is 32.2. The van der Waals surface area contributed by atoms with Crippen LogP contribution in [0.3, 0.4) is 0 Å². The normalized spacial score (nSPS) is 13.7. The van der Waals surface area contributed by atoms with Crippen molar-refractivity contribution in [2.75, 3.05) is 0 Å². The molecule has 0 aliphatic heterocycles. The molecule has 0 saturated heterocycles. The van der Waals surface area contributed by atoms with E-state index in [2.05, 4.69) is 35.3 Å². The lowest BCUT2D eigenvalue weighted by Crippen LogP contribution is -1.98. The Kier molecular flexibility index (Phi) is 4.58. The molecule has 0 spiro atoms. The van der Waals surface area contributed by atoms with Gasteiger partial charge in [0, 0.05) is 6.42 Å². The van der Waals surface area contributed by atoms with Gasteiger partial charge >= 0.3 is 0 Å². The Morgan fingerprint density at radius 2 is 2.00 bits per heavy atom. The van der Waals surface area contributed by atoms with Crippen LogP contribution in [0.2, 0.25) is 0 Å². The number of thioether (sulfide) groups is 1. The predicted octanol–water partition coefficient (Wildman–Crippen LogP) is 3.42. The van der Waals surface area contributed by atoms with Gasteiger partial charge < -0.3 is 4.42 Å². The van der Waals surface area contributed by atoms with E-state index in [0.717, 1.165) is 0 Å². The fourth-order valence-corrected chi connectivity index (χ4v) is 2.29. The second kappa shape index (κ2) is 6.39. The van der Waals surface area contributed by atoms with E-state index in [1.54, 1.807) is 6.92 Å². The lowest BCUT2D eigenvalue weighted by molar-refractivity contribution is 0.404. The molecule has 5 heteroatoms. The van der Waals surface area contributed by atoms with Crippen LogP contribution in [0.25, 0.3) is 0 Å². The van der Waals surface area contributed by atoms with E-state index in [1.165, 1.54) is 17.3 Å². The van der Waals surface area contributed by atoms with Gasteiger partial charge in [0.1, 0.15) is 0 Å². The molecule has 2 aromatic rings. The molecule has 4 nitrogen and oxygen atoms in total. The lowest BCUT2D eigenvalue weighted by atomic mass is 9.98. The minimum absolute atomic E-state index is 0.181. The van der Waals surface area contributed by atoms with Gasteiger partial charge in [-0.2, -0.15) is 5.26 Å². The average Bonchev–Trinajstić information content (AvgIpc) is 2.86. The number of hydrogen-bond donors (Lipinski definition) is 0. The molecule has 2 unspecified atom stereocenters. The highest BCUT2D eigenvalue weighted by Crippen LogP contribution is 2.24. The molecule has 0 aliphatic rings. The van der Waals surface area contributed by atoms with Gasteiger partial charge in [-0.3, -0.25) is 0 Å². The van der Waals surface area contributed by atoms with Crippen LogP contribution >= 0.6 is 11.8 Å². The summed E-state index contributed by atoms with van der Waals surface area (Å²) in [6.45, 7) is 3.94. The van der Waals surface area contributed by atoms with Crippen molar-refractivity contribution >= 4 is 11.8 Å². The van der Waals surface area contributed by atoms with Crippen molar-refractivity contribution in [2.24, 2.45) is 0 Å². The number of rotatable bonds is 5. The Labute approximate surface area is 116 Å². The predicted molar refractivity (Wildman–Crippen MR) is 73.8 cm³/mol. The molecule has 1 aromatic heterocycles. The summed E-state index contributed by atoms with van der Waals surface area (Å²) < 4.78 is 5.54. The molecule has 0 aliphatic carbocycles. The molecular weight excluding hydrogens is 258 g/mol. The van der Waals surface area contributed by atoms with Crippen LogP contribution in [-0.4, -0.2) is 15.4 Å². The van der Waals surface area contributed by atoms with Gasteiger partial charge in [-0.1, -0.05) is 37.3 Å². The van der Waals surface area contributed by atoms with E-state index in [-0.39, 0.29) is 5.25 Å². The molecule has 0 amide bonds. The third-order valence-corrected chi connectivity index (χ3v) is 3.58. The van der Waals surface area contributed by atoms with Crippen molar-refractivity contribution in [3.63, 3.8) is 0 Å². The smallest absolute Gasteiger partial charge is 0.277 e.